The second-order valence-electron chi connectivity index (χ2n) is 3.81. The van der Waals surface area contributed by atoms with E-state index >= 15 is 0 Å². The summed E-state index contributed by atoms with van der Waals surface area (Å²) in [6.45, 7) is 2.02. The zero-order chi connectivity index (χ0) is 13.3. The molecule has 0 bridgehead atoms. The van der Waals surface area contributed by atoms with Crippen molar-refractivity contribution in [2.45, 2.75) is 18.5 Å². The van der Waals surface area contributed by atoms with Gasteiger partial charge >= 0.3 is 0 Å². The van der Waals surface area contributed by atoms with Gasteiger partial charge in [0.2, 0.25) is 0 Å². The third kappa shape index (κ3) is 2.26. The van der Waals surface area contributed by atoms with E-state index in [1.54, 1.807) is 7.05 Å². The van der Waals surface area contributed by atoms with Crippen LogP contribution in [0.3, 0.4) is 0 Å². The van der Waals surface area contributed by atoms with Crippen molar-refractivity contribution in [3.63, 3.8) is 0 Å². The van der Waals surface area contributed by atoms with Gasteiger partial charge in [0, 0.05) is 23.3 Å². The summed E-state index contributed by atoms with van der Waals surface area (Å²) in [5, 5.41) is 7.30. The fourth-order valence-corrected chi connectivity index (χ4v) is 2.76. The first-order valence-electron chi connectivity index (χ1n) is 5.37. The summed E-state index contributed by atoms with van der Waals surface area (Å²) < 4.78 is 24.0. The predicted molar refractivity (Wildman–Crippen MR) is 68.9 cm³/mol. The highest BCUT2D eigenvalue weighted by Crippen LogP contribution is 2.24. The van der Waals surface area contributed by atoms with Crippen LogP contribution in [0.15, 0.2) is 29.4 Å². The Morgan fingerprint density at radius 1 is 1.28 bits per heavy atom. The van der Waals surface area contributed by atoms with Gasteiger partial charge in [-0.2, -0.15) is 0 Å². The minimum absolute atomic E-state index is 0.245. The van der Waals surface area contributed by atoms with E-state index in [9.17, 15) is 8.42 Å². The maximum absolute atomic E-state index is 11.3. The smallest absolute Gasteiger partial charge is 0.296 e. The molecule has 0 aliphatic heterocycles. The molecule has 7 heteroatoms. The van der Waals surface area contributed by atoms with E-state index in [4.69, 9.17) is 10.7 Å². The number of rotatable bonds is 3. The topological polar surface area (TPSA) is 64.8 Å². The number of nitrogens with zero attached hydrogens (tertiary/aromatic N) is 3. The Bertz CT molecular complexity index is 679. The second kappa shape index (κ2) is 4.70. The standard InChI is InChI=1S/C11H12ClN3O2S/c1-3-8-6-4-5-7-9(8)10-13-14-11(15(10)2)18(12,16)17/h4-7H,3H2,1-2H3. The molecule has 0 saturated carbocycles. The van der Waals surface area contributed by atoms with Gasteiger partial charge in [-0.25, -0.2) is 8.42 Å². The maximum atomic E-state index is 11.3. The molecule has 2 rings (SSSR count). The zero-order valence-corrected chi connectivity index (χ0v) is 11.5. The Morgan fingerprint density at radius 3 is 2.50 bits per heavy atom. The summed E-state index contributed by atoms with van der Waals surface area (Å²) in [6.07, 6.45) is 0.825. The fraction of sp³-hybridized carbons (Fsp3) is 0.273. The molecule has 2 aromatic rings. The summed E-state index contributed by atoms with van der Waals surface area (Å²) in [6, 6.07) is 7.66. The van der Waals surface area contributed by atoms with Crippen LogP contribution in [0.5, 0.6) is 0 Å². The minimum Gasteiger partial charge on any atom is -0.300 e. The lowest BCUT2D eigenvalue weighted by Gasteiger charge is -2.06. The number of hydrogen-bond acceptors (Lipinski definition) is 4. The molecule has 5 nitrogen and oxygen atoms in total. The second-order valence-corrected chi connectivity index (χ2v) is 6.27. The van der Waals surface area contributed by atoms with Crippen LogP contribution in [0, 0.1) is 0 Å². The lowest BCUT2D eigenvalue weighted by Crippen LogP contribution is -2.03. The fourth-order valence-electron chi connectivity index (χ4n) is 1.81. The monoisotopic (exact) mass is 285 g/mol. The average Bonchev–Trinajstić information content (AvgIpc) is 2.70. The van der Waals surface area contributed by atoms with Crippen LogP contribution in [0.25, 0.3) is 11.4 Å². The Hall–Kier alpha value is -1.40. The molecule has 96 valence electrons. The normalized spacial score (nSPS) is 11.7. The quantitative estimate of drug-likeness (QED) is 0.809. The molecule has 0 amide bonds. The van der Waals surface area contributed by atoms with Gasteiger partial charge in [0.25, 0.3) is 14.2 Å². The largest absolute Gasteiger partial charge is 0.300 e. The van der Waals surface area contributed by atoms with Crippen molar-refractivity contribution in [3.8, 4) is 11.4 Å². The molecule has 1 aromatic carbocycles. The molecule has 0 N–H and O–H groups in total. The molecular weight excluding hydrogens is 274 g/mol. The van der Waals surface area contributed by atoms with E-state index in [1.165, 1.54) is 4.57 Å². The van der Waals surface area contributed by atoms with Crippen molar-refractivity contribution < 1.29 is 8.42 Å². The minimum atomic E-state index is -3.88. The summed E-state index contributed by atoms with van der Waals surface area (Å²) in [4.78, 5) is 0. The first kappa shape index (κ1) is 13.0. The van der Waals surface area contributed by atoms with E-state index in [2.05, 4.69) is 10.2 Å². The highest BCUT2D eigenvalue weighted by molar-refractivity contribution is 8.13. The Kier molecular flexibility index (Phi) is 3.41. The van der Waals surface area contributed by atoms with Crippen LogP contribution >= 0.6 is 10.7 Å². The van der Waals surface area contributed by atoms with Crippen molar-refractivity contribution in [2.24, 2.45) is 7.05 Å². The summed E-state index contributed by atoms with van der Waals surface area (Å²) in [5.41, 5.74) is 1.94. The Labute approximate surface area is 110 Å². The first-order valence-corrected chi connectivity index (χ1v) is 7.68. The third-order valence-corrected chi connectivity index (χ3v) is 3.90. The molecule has 18 heavy (non-hydrogen) atoms. The van der Waals surface area contributed by atoms with Gasteiger partial charge in [-0.1, -0.05) is 31.2 Å². The predicted octanol–water partition coefficient (Wildman–Crippen LogP) is 1.97. The van der Waals surface area contributed by atoms with Gasteiger partial charge in [0.05, 0.1) is 0 Å². The van der Waals surface area contributed by atoms with E-state index in [-0.39, 0.29) is 5.16 Å². The highest BCUT2D eigenvalue weighted by atomic mass is 35.7. The van der Waals surface area contributed by atoms with Crippen molar-refractivity contribution in [1.82, 2.24) is 14.8 Å². The molecule has 1 heterocycles. The summed E-state index contributed by atoms with van der Waals surface area (Å²) in [5.74, 6) is 0.492. The van der Waals surface area contributed by atoms with Gasteiger partial charge in [-0.3, -0.25) is 4.57 Å². The van der Waals surface area contributed by atoms with Crippen LogP contribution in [0.2, 0.25) is 0 Å². The third-order valence-electron chi connectivity index (χ3n) is 2.69. The van der Waals surface area contributed by atoms with E-state index in [1.807, 2.05) is 31.2 Å². The van der Waals surface area contributed by atoms with E-state index in [0.29, 0.717) is 5.82 Å². The number of benzene rings is 1. The van der Waals surface area contributed by atoms with Crippen LogP contribution in [0.4, 0.5) is 0 Å². The van der Waals surface area contributed by atoms with E-state index in [0.717, 1.165) is 17.5 Å². The summed E-state index contributed by atoms with van der Waals surface area (Å²) in [7, 11) is 2.99. The van der Waals surface area contributed by atoms with Crippen LogP contribution in [-0.2, 0) is 22.5 Å². The number of aromatic nitrogens is 3. The highest BCUT2D eigenvalue weighted by Gasteiger charge is 2.21. The van der Waals surface area contributed by atoms with Crippen LogP contribution < -0.4 is 0 Å². The molecule has 0 radical (unpaired) electrons. The number of aryl methyl sites for hydroxylation is 1. The average molecular weight is 286 g/mol. The molecule has 0 spiro atoms. The molecule has 0 fully saturated rings. The van der Waals surface area contributed by atoms with Crippen molar-refractivity contribution in [3.05, 3.63) is 29.8 Å². The van der Waals surface area contributed by atoms with Crippen molar-refractivity contribution >= 4 is 19.7 Å². The molecule has 0 saturated heterocycles. The lowest BCUT2D eigenvalue weighted by molar-refractivity contribution is 0.593. The molecule has 0 atom stereocenters. The van der Waals surface area contributed by atoms with Crippen LogP contribution in [-0.4, -0.2) is 23.2 Å². The number of hydrogen-bond donors (Lipinski definition) is 0. The first-order chi connectivity index (χ1) is 8.45. The summed E-state index contributed by atoms with van der Waals surface area (Å²) >= 11 is 0. The van der Waals surface area contributed by atoms with Crippen LogP contribution in [0.1, 0.15) is 12.5 Å². The molecular formula is C11H12ClN3O2S. The van der Waals surface area contributed by atoms with Gasteiger partial charge in [0.1, 0.15) is 0 Å². The van der Waals surface area contributed by atoms with Gasteiger partial charge in [-0.15, -0.1) is 10.2 Å². The van der Waals surface area contributed by atoms with Gasteiger partial charge < -0.3 is 0 Å². The Morgan fingerprint density at radius 2 is 1.94 bits per heavy atom. The molecule has 1 aromatic heterocycles. The Balaban J connectivity index is 2.63. The van der Waals surface area contributed by atoms with Crippen molar-refractivity contribution in [1.29, 1.82) is 0 Å². The maximum Gasteiger partial charge on any atom is 0.296 e. The molecule has 0 unspecified atom stereocenters. The number of halogens is 1. The van der Waals surface area contributed by atoms with Gasteiger partial charge in [0.15, 0.2) is 5.82 Å². The van der Waals surface area contributed by atoms with Gasteiger partial charge in [-0.05, 0) is 12.0 Å². The lowest BCUT2D eigenvalue weighted by atomic mass is 10.1. The zero-order valence-electron chi connectivity index (χ0n) is 9.96. The van der Waals surface area contributed by atoms with E-state index < -0.39 is 9.05 Å². The van der Waals surface area contributed by atoms with Crippen molar-refractivity contribution in [2.75, 3.05) is 0 Å². The molecule has 0 aliphatic carbocycles. The molecule has 0 aliphatic rings. The SMILES string of the molecule is CCc1ccccc1-c1nnc(S(=O)(=O)Cl)n1C.